The zero-order valence-corrected chi connectivity index (χ0v) is 27.1. The maximum atomic E-state index is 12.5. The smallest absolute Gasteiger partial charge is 0.161 e. The molecule has 1 saturated heterocycles. The normalized spacial score (nSPS) is 16.4. The van der Waals surface area contributed by atoms with Crippen LogP contribution in [0.15, 0.2) is 66.4 Å². The Hall–Kier alpha value is -3.39. The van der Waals surface area contributed by atoms with E-state index in [-0.39, 0.29) is 5.57 Å². The molecule has 1 N–H and O–H groups in total. The van der Waals surface area contributed by atoms with E-state index in [1.165, 1.54) is 63.1 Å². The molecule has 1 aliphatic carbocycles. The molecule has 2 aliphatic rings. The van der Waals surface area contributed by atoms with Gasteiger partial charge in [0.25, 0.3) is 0 Å². The van der Waals surface area contributed by atoms with Crippen LogP contribution >= 0.6 is 0 Å². The van der Waals surface area contributed by atoms with E-state index in [0.717, 1.165) is 35.2 Å². The van der Waals surface area contributed by atoms with Crippen LogP contribution in [0.3, 0.4) is 0 Å². The van der Waals surface area contributed by atoms with Gasteiger partial charge in [0.2, 0.25) is 0 Å². The van der Waals surface area contributed by atoms with Crippen LogP contribution in [-0.2, 0) is 0 Å². The van der Waals surface area contributed by atoms with Crippen LogP contribution in [0.1, 0.15) is 96.5 Å². The number of rotatable bonds is 4. The topological polar surface area (TPSA) is 63.6 Å². The number of hydrogen-bond donors (Lipinski definition) is 1. The first-order chi connectivity index (χ1) is 20.3. The molecule has 0 spiro atoms. The fourth-order valence-corrected chi connectivity index (χ4v) is 4.46. The van der Waals surface area contributed by atoms with Crippen LogP contribution < -0.4 is 5.32 Å². The minimum absolute atomic E-state index is 0.0556. The number of nitrogens with zero attached hydrogens (tertiary/aromatic N) is 4. The first-order valence-corrected chi connectivity index (χ1v) is 15.1. The van der Waals surface area contributed by atoms with Crippen molar-refractivity contribution in [2.24, 2.45) is 5.41 Å². The highest BCUT2D eigenvalue weighted by Crippen LogP contribution is 2.43. The van der Waals surface area contributed by atoms with Crippen molar-refractivity contribution in [1.29, 1.82) is 0 Å². The zero-order chi connectivity index (χ0) is 32.2. The maximum Gasteiger partial charge on any atom is 0.161 e. The van der Waals surface area contributed by atoms with Gasteiger partial charge in [-0.15, -0.1) is 0 Å². The number of allylic oxidation sites excluding steroid dienone is 5. The quantitative estimate of drug-likeness (QED) is 0.304. The molecular formula is C35H48F3N5. The number of aromatic nitrogens is 4. The summed E-state index contributed by atoms with van der Waals surface area (Å²) >= 11 is 0. The van der Waals surface area contributed by atoms with Gasteiger partial charge in [0, 0.05) is 47.4 Å². The van der Waals surface area contributed by atoms with E-state index in [4.69, 9.17) is 9.97 Å². The number of fused-ring (bicyclic) bond motifs is 1. The van der Waals surface area contributed by atoms with E-state index in [1.54, 1.807) is 6.20 Å². The Kier molecular flexibility index (Phi) is 14.2. The summed E-state index contributed by atoms with van der Waals surface area (Å²) in [4.78, 5) is 18.0. The monoisotopic (exact) mass is 595 g/mol. The van der Waals surface area contributed by atoms with E-state index < -0.39 is 17.5 Å². The van der Waals surface area contributed by atoms with Gasteiger partial charge in [-0.2, -0.15) is 0 Å². The van der Waals surface area contributed by atoms with Crippen molar-refractivity contribution in [1.82, 2.24) is 25.3 Å². The van der Waals surface area contributed by atoms with E-state index in [1.807, 2.05) is 31.5 Å². The highest BCUT2D eigenvalue weighted by atomic mass is 19.2. The molecule has 234 valence electrons. The van der Waals surface area contributed by atoms with Crippen LogP contribution in [0.25, 0.3) is 22.3 Å². The number of nitrogens with one attached hydrogen (secondary N) is 1. The molecule has 5 rings (SSSR count). The molecule has 2 fully saturated rings. The Bertz CT molecular complexity index is 1410. The standard InChI is InChI=1S/C17H16N4.C8H9F3.C7H15N.C3H8/c1-10-7-13(5-6-19-10)17-20-11(2)16-14(12-3-4-12)8-18-9-15(16)21-17;1-5(2)8(11)7(10)4-6(3)9;1-7(2)4-3-5-8-6-7;1-3-2/h5-9,12H,3-4H2,1-2H3;4H,1H2,2-3H3;8H,3-6H2,1-2H3;3H2,1-2H3/b;6-4+,8-7-;;. The Balaban J connectivity index is 0.000000247. The maximum absolute atomic E-state index is 12.5. The van der Waals surface area contributed by atoms with Crippen molar-refractivity contribution in [3.05, 3.63) is 83.4 Å². The van der Waals surface area contributed by atoms with Crippen LogP contribution in [-0.4, -0.2) is 33.0 Å². The SMILES string of the molecule is C=C(C)/C(F)=C(F)\C=C(/C)F.CC1(C)CCCNC1.CCC.Cc1cc(-c2nc(C)c3c(C4CC4)cncc3n2)ccn1. The molecule has 1 saturated carbocycles. The predicted molar refractivity (Wildman–Crippen MR) is 173 cm³/mol. The summed E-state index contributed by atoms with van der Waals surface area (Å²) in [6, 6.07) is 3.96. The molecule has 0 unspecified atom stereocenters. The molecule has 4 heterocycles. The lowest BCUT2D eigenvalue weighted by atomic mass is 9.85. The molecule has 1 aliphatic heterocycles. The predicted octanol–water partition coefficient (Wildman–Crippen LogP) is 9.98. The third-order valence-electron chi connectivity index (χ3n) is 6.71. The summed E-state index contributed by atoms with van der Waals surface area (Å²) < 4.78 is 36.9. The Morgan fingerprint density at radius 2 is 1.77 bits per heavy atom. The van der Waals surface area contributed by atoms with Gasteiger partial charge in [-0.05, 0) is 94.5 Å². The fraction of sp³-hybridized carbons (Fsp3) is 0.486. The molecule has 0 bridgehead atoms. The summed E-state index contributed by atoms with van der Waals surface area (Å²) in [5, 5.41) is 4.56. The molecule has 3 aromatic rings. The molecular weight excluding hydrogens is 547 g/mol. The van der Waals surface area contributed by atoms with Crippen molar-refractivity contribution in [2.75, 3.05) is 13.1 Å². The minimum atomic E-state index is -1.22. The van der Waals surface area contributed by atoms with Gasteiger partial charge < -0.3 is 5.32 Å². The highest BCUT2D eigenvalue weighted by Gasteiger charge is 2.27. The van der Waals surface area contributed by atoms with Gasteiger partial charge in [0.15, 0.2) is 17.5 Å². The third-order valence-corrected chi connectivity index (χ3v) is 6.71. The van der Waals surface area contributed by atoms with Gasteiger partial charge in [-0.1, -0.05) is 40.7 Å². The van der Waals surface area contributed by atoms with Gasteiger partial charge in [0.05, 0.1) is 17.5 Å². The first-order valence-electron chi connectivity index (χ1n) is 15.1. The zero-order valence-electron chi connectivity index (χ0n) is 27.1. The Morgan fingerprint density at radius 3 is 2.26 bits per heavy atom. The van der Waals surface area contributed by atoms with Crippen LogP contribution in [0, 0.1) is 19.3 Å². The van der Waals surface area contributed by atoms with Crippen molar-refractivity contribution < 1.29 is 13.2 Å². The van der Waals surface area contributed by atoms with Crippen LogP contribution in [0.2, 0.25) is 0 Å². The lowest BCUT2D eigenvalue weighted by Crippen LogP contribution is -2.35. The van der Waals surface area contributed by atoms with Gasteiger partial charge >= 0.3 is 0 Å². The van der Waals surface area contributed by atoms with E-state index in [2.05, 4.69) is 56.5 Å². The summed E-state index contributed by atoms with van der Waals surface area (Å²) in [6.07, 6.45) is 12.6. The molecule has 0 atom stereocenters. The number of pyridine rings is 2. The van der Waals surface area contributed by atoms with E-state index in [0.29, 0.717) is 17.4 Å². The average molecular weight is 596 g/mol. The highest BCUT2D eigenvalue weighted by molar-refractivity contribution is 5.85. The molecule has 0 amide bonds. The van der Waals surface area contributed by atoms with Crippen LogP contribution in [0.4, 0.5) is 13.2 Å². The molecule has 8 heteroatoms. The second-order valence-corrected chi connectivity index (χ2v) is 12.0. The van der Waals surface area contributed by atoms with Crippen LogP contribution in [0.5, 0.6) is 0 Å². The molecule has 43 heavy (non-hydrogen) atoms. The molecule has 3 aromatic heterocycles. The summed E-state index contributed by atoms with van der Waals surface area (Å²) in [6.45, 7) is 20.8. The fourth-order valence-electron chi connectivity index (χ4n) is 4.46. The molecule has 5 nitrogen and oxygen atoms in total. The van der Waals surface area contributed by atoms with Gasteiger partial charge in [-0.3, -0.25) is 9.97 Å². The van der Waals surface area contributed by atoms with Crippen molar-refractivity contribution in [3.63, 3.8) is 0 Å². The molecule has 0 aromatic carbocycles. The Labute approximate surface area is 255 Å². The average Bonchev–Trinajstić information content (AvgIpc) is 3.78. The largest absolute Gasteiger partial charge is 0.316 e. The Morgan fingerprint density at radius 1 is 1.09 bits per heavy atom. The summed E-state index contributed by atoms with van der Waals surface area (Å²) in [7, 11) is 0. The lowest BCUT2D eigenvalue weighted by molar-refractivity contribution is 0.265. The summed E-state index contributed by atoms with van der Waals surface area (Å²) in [5.74, 6) is -1.71. The first kappa shape index (κ1) is 35.8. The minimum Gasteiger partial charge on any atom is -0.316 e. The number of piperidine rings is 1. The van der Waals surface area contributed by atoms with Gasteiger partial charge in [0.1, 0.15) is 0 Å². The van der Waals surface area contributed by atoms with Crippen molar-refractivity contribution >= 4 is 10.9 Å². The lowest BCUT2D eigenvalue weighted by Gasteiger charge is -2.29. The second-order valence-electron chi connectivity index (χ2n) is 12.0. The number of halogens is 3. The van der Waals surface area contributed by atoms with E-state index >= 15 is 0 Å². The molecule has 0 radical (unpaired) electrons. The van der Waals surface area contributed by atoms with E-state index in [9.17, 15) is 13.2 Å². The number of aryl methyl sites for hydroxylation is 2. The van der Waals surface area contributed by atoms with Gasteiger partial charge in [-0.25, -0.2) is 23.1 Å². The van der Waals surface area contributed by atoms with Crippen molar-refractivity contribution in [2.45, 2.75) is 93.4 Å². The van der Waals surface area contributed by atoms with Crippen molar-refractivity contribution in [3.8, 4) is 11.4 Å². The second kappa shape index (κ2) is 17.0. The number of hydrogen-bond acceptors (Lipinski definition) is 5. The third kappa shape index (κ3) is 12.0. The summed E-state index contributed by atoms with van der Waals surface area (Å²) in [5.41, 5.74) is 5.77.